The molecule has 2 aliphatic heterocycles. The Morgan fingerprint density at radius 3 is 2.48 bits per heavy atom. The van der Waals surface area contributed by atoms with E-state index >= 15 is 0 Å². The molecule has 3 aromatic rings. The predicted molar refractivity (Wildman–Crippen MR) is 127 cm³/mol. The van der Waals surface area contributed by atoms with Gasteiger partial charge in [-0.2, -0.15) is 0 Å². The molecular weight excluding hydrogens is 465 g/mol. The van der Waals surface area contributed by atoms with Crippen molar-refractivity contribution in [1.29, 1.82) is 0 Å². The van der Waals surface area contributed by atoms with E-state index in [1.54, 1.807) is 54.6 Å². The van der Waals surface area contributed by atoms with Crippen molar-refractivity contribution in [2.75, 3.05) is 27.4 Å². The summed E-state index contributed by atoms with van der Waals surface area (Å²) in [4.78, 5) is 41.1. The zero-order chi connectivity index (χ0) is 23.2. The van der Waals surface area contributed by atoms with Gasteiger partial charge in [-0.1, -0.05) is 41.9 Å². The van der Waals surface area contributed by atoms with Gasteiger partial charge in [0.15, 0.2) is 0 Å². The molecule has 9 heteroatoms. The molecule has 3 aromatic carbocycles. The number of halogens is 2. The number of nitrogens with one attached hydrogen (secondary N) is 1. The van der Waals surface area contributed by atoms with E-state index in [0.29, 0.717) is 22.0 Å². The number of benzene rings is 3. The average molecular weight is 482 g/mol. The first-order chi connectivity index (χ1) is 15.9. The van der Waals surface area contributed by atoms with Gasteiger partial charge in [-0.25, -0.2) is 4.39 Å². The highest BCUT2D eigenvalue weighted by Crippen LogP contribution is 2.55. The van der Waals surface area contributed by atoms with E-state index in [1.807, 2.05) is 0 Å². The summed E-state index contributed by atoms with van der Waals surface area (Å²) in [5, 5.41) is 3.03. The molecule has 0 radical (unpaired) electrons. The largest absolute Gasteiger partial charge is 0.322 e. The van der Waals surface area contributed by atoms with Crippen molar-refractivity contribution in [2.45, 2.75) is 4.87 Å². The lowest BCUT2D eigenvalue weighted by Gasteiger charge is -2.33. The molecule has 0 unspecified atom stereocenters. The van der Waals surface area contributed by atoms with Crippen LogP contribution in [0.1, 0.15) is 5.56 Å². The Labute approximate surface area is 198 Å². The number of anilines is 3. The second-order valence-corrected chi connectivity index (χ2v) is 9.18. The van der Waals surface area contributed by atoms with Crippen LogP contribution in [-0.2, 0) is 19.3 Å². The van der Waals surface area contributed by atoms with E-state index in [2.05, 4.69) is 5.32 Å². The minimum absolute atomic E-state index is 0.0327. The van der Waals surface area contributed by atoms with E-state index in [9.17, 15) is 18.8 Å². The summed E-state index contributed by atoms with van der Waals surface area (Å²) in [6.45, 7) is -0.324. The number of hydrogen-bond acceptors (Lipinski definition) is 4. The molecule has 0 aliphatic carbocycles. The monoisotopic (exact) mass is 481 g/mol. The van der Waals surface area contributed by atoms with Crippen molar-refractivity contribution in [3.63, 3.8) is 0 Å². The Morgan fingerprint density at radius 2 is 1.73 bits per heavy atom. The molecule has 0 saturated carbocycles. The first-order valence-electron chi connectivity index (χ1n) is 10.1. The highest BCUT2D eigenvalue weighted by atomic mass is 35.5. The Hall–Kier alpha value is -3.36. The fourth-order valence-corrected chi connectivity index (χ4v) is 5.68. The molecule has 0 bridgehead atoms. The Kier molecular flexibility index (Phi) is 5.34. The van der Waals surface area contributed by atoms with Crippen LogP contribution in [0.5, 0.6) is 0 Å². The summed E-state index contributed by atoms with van der Waals surface area (Å²) in [6.07, 6.45) is 0. The lowest BCUT2D eigenvalue weighted by atomic mass is 10.0. The van der Waals surface area contributed by atoms with Crippen LogP contribution in [0.2, 0.25) is 5.02 Å². The maximum Gasteiger partial charge on any atom is 0.269 e. The van der Waals surface area contributed by atoms with Crippen LogP contribution in [0.25, 0.3) is 0 Å². The summed E-state index contributed by atoms with van der Waals surface area (Å²) >= 11 is 7.23. The molecule has 1 fully saturated rings. The molecule has 33 heavy (non-hydrogen) atoms. The number of fused-ring (bicyclic) bond motifs is 2. The highest BCUT2D eigenvalue weighted by molar-refractivity contribution is 8.02. The molecule has 166 valence electrons. The molecule has 1 saturated heterocycles. The lowest BCUT2D eigenvalue weighted by molar-refractivity contribution is -0.124. The summed E-state index contributed by atoms with van der Waals surface area (Å²) in [7, 11) is 0. The molecule has 1 N–H and O–H groups in total. The van der Waals surface area contributed by atoms with Crippen LogP contribution in [0.4, 0.5) is 21.5 Å². The number of carbonyl (C=O) groups is 3. The highest BCUT2D eigenvalue weighted by Gasteiger charge is 2.61. The van der Waals surface area contributed by atoms with Crippen LogP contribution < -0.4 is 15.1 Å². The standard InChI is InChI=1S/C24H17ClFN3O3S/c25-15-9-11-16(12-10-15)29-22(31)14-33-24(29)17-5-1-4-8-20(17)28(23(24)32)13-21(30)27-19-7-3-2-6-18(19)26/h1-12H,13-14H2,(H,27,30)/t24-/m1/s1. The van der Waals surface area contributed by atoms with Gasteiger partial charge in [0.1, 0.15) is 12.4 Å². The number of amides is 3. The van der Waals surface area contributed by atoms with Crippen LogP contribution in [0.15, 0.2) is 72.8 Å². The second-order valence-electron chi connectivity index (χ2n) is 7.57. The fraction of sp³-hybridized carbons (Fsp3) is 0.125. The van der Waals surface area contributed by atoms with Gasteiger partial charge in [0.05, 0.1) is 17.1 Å². The van der Waals surface area contributed by atoms with Gasteiger partial charge < -0.3 is 5.32 Å². The van der Waals surface area contributed by atoms with Gasteiger partial charge in [-0.15, -0.1) is 11.8 Å². The molecule has 1 spiro atoms. The minimum Gasteiger partial charge on any atom is -0.322 e. The van der Waals surface area contributed by atoms with Crippen molar-refractivity contribution in [1.82, 2.24) is 0 Å². The van der Waals surface area contributed by atoms with Crippen molar-refractivity contribution < 1.29 is 18.8 Å². The predicted octanol–water partition coefficient (Wildman–Crippen LogP) is 4.40. The molecule has 2 heterocycles. The van der Waals surface area contributed by atoms with Crippen LogP contribution in [0.3, 0.4) is 0 Å². The van der Waals surface area contributed by atoms with E-state index in [-0.39, 0.29) is 23.9 Å². The van der Waals surface area contributed by atoms with E-state index in [1.165, 1.54) is 39.8 Å². The summed E-state index contributed by atoms with van der Waals surface area (Å²) < 4.78 is 14.0. The molecule has 0 aromatic heterocycles. The third-order valence-electron chi connectivity index (χ3n) is 5.60. The maximum atomic E-state index is 14.0. The Bertz CT molecular complexity index is 1290. The van der Waals surface area contributed by atoms with Crippen molar-refractivity contribution in [2.24, 2.45) is 0 Å². The molecular formula is C24H17ClFN3O3S. The fourth-order valence-electron chi connectivity index (χ4n) is 4.20. The Morgan fingerprint density at radius 1 is 1.03 bits per heavy atom. The van der Waals surface area contributed by atoms with Crippen molar-refractivity contribution in [3.8, 4) is 0 Å². The number of hydrogen-bond donors (Lipinski definition) is 1. The summed E-state index contributed by atoms with van der Waals surface area (Å²) in [6, 6.07) is 19.6. The first kappa shape index (κ1) is 21.5. The van der Waals surface area contributed by atoms with E-state index in [4.69, 9.17) is 11.6 Å². The lowest BCUT2D eigenvalue weighted by Crippen LogP contribution is -2.50. The normalized spacial score (nSPS) is 19.3. The molecule has 1 atom stereocenters. The molecule has 3 amide bonds. The van der Waals surface area contributed by atoms with Crippen LogP contribution >= 0.6 is 23.4 Å². The van der Waals surface area contributed by atoms with Gasteiger partial charge in [0.25, 0.3) is 5.91 Å². The van der Waals surface area contributed by atoms with Crippen molar-refractivity contribution >= 4 is 58.1 Å². The average Bonchev–Trinajstić information content (AvgIpc) is 3.27. The maximum absolute atomic E-state index is 14.0. The van der Waals surface area contributed by atoms with E-state index in [0.717, 1.165) is 0 Å². The Balaban J connectivity index is 1.52. The number of rotatable bonds is 4. The van der Waals surface area contributed by atoms with Gasteiger partial charge in [-0.3, -0.25) is 24.2 Å². The zero-order valence-corrected chi connectivity index (χ0v) is 18.7. The topological polar surface area (TPSA) is 69.7 Å². The van der Waals surface area contributed by atoms with Gasteiger partial charge in [0, 0.05) is 16.3 Å². The van der Waals surface area contributed by atoms with E-state index < -0.39 is 22.5 Å². The quantitative estimate of drug-likeness (QED) is 0.599. The third-order valence-corrected chi connectivity index (χ3v) is 7.24. The van der Waals surface area contributed by atoms with Crippen molar-refractivity contribution in [3.05, 3.63) is 89.2 Å². The SMILES string of the molecule is O=C(CN1C(=O)[C@]2(SCC(=O)N2c2ccc(Cl)cc2)c2ccccc21)Nc1ccccc1F. The zero-order valence-electron chi connectivity index (χ0n) is 17.1. The number of nitrogens with zero attached hydrogens (tertiary/aromatic N) is 2. The van der Waals surface area contributed by atoms with Gasteiger partial charge in [0.2, 0.25) is 16.7 Å². The first-order valence-corrected chi connectivity index (χ1v) is 11.5. The van der Waals surface area contributed by atoms with Crippen LogP contribution in [-0.4, -0.2) is 30.0 Å². The number of thioether (sulfide) groups is 1. The van der Waals surface area contributed by atoms with Crippen LogP contribution in [0, 0.1) is 5.82 Å². The van der Waals surface area contributed by atoms with Gasteiger partial charge >= 0.3 is 0 Å². The third kappa shape index (κ3) is 3.46. The number of carbonyl (C=O) groups excluding carboxylic acids is 3. The molecule has 2 aliphatic rings. The molecule has 5 rings (SSSR count). The number of para-hydroxylation sites is 2. The second kappa shape index (κ2) is 8.20. The summed E-state index contributed by atoms with van der Waals surface area (Å²) in [5.74, 6) is -1.63. The summed E-state index contributed by atoms with van der Waals surface area (Å²) in [5.41, 5.74) is 1.73. The minimum atomic E-state index is -1.33. The molecule has 6 nitrogen and oxygen atoms in total. The van der Waals surface area contributed by atoms with Gasteiger partial charge in [-0.05, 0) is 42.5 Å². The smallest absolute Gasteiger partial charge is 0.269 e.